The molecule has 0 aliphatic heterocycles. The van der Waals surface area contributed by atoms with Gasteiger partial charge in [0.2, 0.25) is 5.91 Å². The fourth-order valence-electron chi connectivity index (χ4n) is 2.80. The molecule has 3 amide bonds. The number of hydrogen-bond acceptors (Lipinski definition) is 4. The van der Waals surface area contributed by atoms with Crippen LogP contribution < -0.4 is 16.0 Å². The van der Waals surface area contributed by atoms with E-state index in [1.807, 2.05) is 51.1 Å². The van der Waals surface area contributed by atoms with Crippen molar-refractivity contribution in [2.24, 2.45) is 5.92 Å². The molecule has 0 aliphatic carbocycles. The van der Waals surface area contributed by atoms with E-state index in [-0.39, 0.29) is 23.9 Å². The number of anilines is 2. The summed E-state index contributed by atoms with van der Waals surface area (Å²) in [6.07, 6.45) is 1.99. The van der Waals surface area contributed by atoms with Crippen LogP contribution in [0, 0.1) is 5.92 Å². The molecule has 2 aromatic heterocycles. The molecule has 1 aromatic carbocycles. The Morgan fingerprint density at radius 1 is 1.11 bits per heavy atom. The number of rotatable bonds is 6. The molecule has 1 unspecified atom stereocenters. The van der Waals surface area contributed by atoms with Crippen molar-refractivity contribution >= 4 is 34.5 Å². The first-order valence-corrected chi connectivity index (χ1v) is 9.19. The Balaban J connectivity index is 1.64. The molecule has 4 N–H and O–H groups in total. The second-order valence-corrected chi connectivity index (χ2v) is 7.06. The smallest absolute Gasteiger partial charge is 0.320 e. The molecule has 2 heterocycles. The maximum Gasteiger partial charge on any atom is 0.320 e. The minimum Gasteiger partial charge on any atom is -0.331 e. The van der Waals surface area contributed by atoms with Crippen molar-refractivity contribution in [3.05, 3.63) is 48.2 Å². The summed E-state index contributed by atoms with van der Waals surface area (Å²) in [6.45, 7) is 5.86. The lowest BCUT2D eigenvalue weighted by Crippen LogP contribution is -2.31. The standard InChI is InChI=1S/C20H24N6O2/c1-12(2)9-18(27)24-19-15-11-21-17(10-16(15)25-26-19)23-20(28)22-13(3)14-7-5-4-6-8-14/h4-8,10-13H,9H2,1-3H3,(H2,21,22,23,28)(H2,24,25,26,27). The maximum absolute atomic E-state index is 12.2. The van der Waals surface area contributed by atoms with Crippen LogP contribution in [-0.4, -0.2) is 27.1 Å². The van der Waals surface area contributed by atoms with E-state index in [0.717, 1.165) is 5.56 Å². The van der Waals surface area contributed by atoms with Gasteiger partial charge in [-0.3, -0.25) is 15.2 Å². The molecule has 0 saturated carbocycles. The van der Waals surface area contributed by atoms with Crippen LogP contribution in [0.15, 0.2) is 42.6 Å². The Morgan fingerprint density at radius 2 is 1.86 bits per heavy atom. The predicted molar refractivity (Wildman–Crippen MR) is 109 cm³/mol. The van der Waals surface area contributed by atoms with Gasteiger partial charge in [0.1, 0.15) is 5.82 Å². The molecular weight excluding hydrogens is 356 g/mol. The number of urea groups is 1. The summed E-state index contributed by atoms with van der Waals surface area (Å²) in [4.78, 5) is 28.4. The van der Waals surface area contributed by atoms with Gasteiger partial charge in [-0.25, -0.2) is 9.78 Å². The number of nitrogens with zero attached hydrogens (tertiary/aromatic N) is 2. The number of benzene rings is 1. The number of H-pyrrole nitrogens is 1. The second kappa shape index (κ2) is 8.51. The van der Waals surface area contributed by atoms with Crippen molar-refractivity contribution in [3.63, 3.8) is 0 Å². The summed E-state index contributed by atoms with van der Waals surface area (Å²) in [6, 6.07) is 10.9. The zero-order valence-corrected chi connectivity index (χ0v) is 16.1. The predicted octanol–water partition coefficient (Wildman–Crippen LogP) is 3.83. The summed E-state index contributed by atoms with van der Waals surface area (Å²) >= 11 is 0. The molecule has 28 heavy (non-hydrogen) atoms. The van der Waals surface area contributed by atoms with Crippen molar-refractivity contribution in [1.29, 1.82) is 0 Å². The number of carbonyl (C=O) groups is 2. The first kappa shape index (κ1) is 19.3. The average Bonchev–Trinajstić information content (AvgIpc) is 3.03. The van der Waals surface area contributed by atoms with Crippen LogP contribution in [-0.2, 0) is 4.79 Å². The number of aromatic amines is 1. The lowest BCUT2D eigenvalue weighted by Gasteiger charge is -2.14. The molecule has 8 heteroatoms. The van der Waals surface area contributed by atoms with E-state index in [1.54, 1.807) is 12.3 Å². The molecule has 0 aliphatic rings. The summed E-state index contributed by atoms with van der Waals surface area (Å²) < 4.78 is 0. The van der Waals surface area contributed by atoms with Gasteiger partial charge in [0, 0.05) is 18.7 Å². The zero-order chi connectivity index (χ0) is 20.1. The first-order valence-electron chi connectivity index (χ1n) is 9.19. The Labute approximate surface area is 163 Å². The number of amides is 3. The molecule has 1 atom stereocenters. The monoisotopic (exact) mass is 380 g/mol. The van der Waals surface area contributed by atoms with Crippen molar-refractivity contribution in [2.45, 2.75) is 33.2 Å². The largest absolute Gasteiger partial charge is 0.331 e. The molecular formula is C20H24N6O2. The van der Waals surface area contributed by atoms with E-state index in [0.29, 0.717) is 29.0 Å². The van der Waals surface area contributed by atoms with Crippen molar-refractivity contribution in [3.8, 4) is 0 Å². The topological polar surface area (TPSA) is 112 Å². The lowest BCUT2D eigenvalue weighted by molar-refractivity contribution is -0.116. The summed E-state index contributed by atoms with van der Waals surface area (Å²) in [7, 11) is 0. The van der Waals surface area contributed by atoms with Gasteiger partial charge in [-0.15, -0.1) is 0 Å². The molecule has 3 aromatic rings. The normalized spacial score (nSPS) is 12.0. The van der Waals surface area contributed by atoms with Gasteiger partial charge in [0.15, 0.2) is 5.82 Å². The molecule has 0 bridgehead atoms. The number of carbonyl (C=O) groups excluding carboxylic acids is 2. The van der Waals surface area contributed by atoms with E-state index in [9.17, 15) is 9.59 Å². The van der Waals surface area contributed by atoms with Gasteiger partial charge in [0.25, 0.3) is 0 Å². The number of pyridine rings is 1. The Hall–Kier alpha value is -3.42. The number of nitrogens with one attached hydrogen (secondary N) is 4. The minimum absolute atomic E-state index is 0.0973. The van der Waals surface area contributed by atoms with Crippen molar-refractivity contribution < 1.29 is 9.59 Å². The number of hydrogen-bond donors (Lipinski definition) is 4. The van der Waals surface area contributed by atoms with Gasteiger partial charge < -0.3 is 10.6 Å². The van der Waals surface area contributed by atoms with Gasteiger partial charge in [-0.05, 0) is 18.4 Å². The summed E-state index contributed by atoms with van der Waals surface area (Å²) in [5.41, 5.74) is 1.68. The molecule has 0 fully saturated rings. The van der Waals surface area contributed by atoms with E-state index in [1.165, 1.54) is 0 Å². The SMILES string of the molecule is CC(C)CC(=O)Nc1n[nH]c2cc(NC(=O)NC(C)c3ccccc3)ncc12. The molecule has 0 saturated heterocycles. The Kier molecular flexibility index (Phi) is 5.88. The molecule has 8 nitrogen and oxygen atoms in total. The second-order valence-electron chi connectivity index (χ2n) is 7.06. The third-order valence-corrected chi connectivity index (χ3v) is 4.19. The third-order valence-electron chi connectivity index (χ3n) is 4.19. The minimum atomic E-state index is -0.354. The van der Waals surface area contributed by atoms with Crippen LogP contribution >= 0.6 is 0 Å². The van der Waals surface area contributed by atoms with E-state index >= 15 is 0 Å². The molecule has 0 spiro atoms. The average molecular weight is 380 g/mol. The van der Waals surface area contributed by atoms with Gasteiger partial charge >= 0.3 is 6.03 Å². The van der Waals surface area contributed by atoms with Gasteiger partial charge in [-0.1, -0.05) is 44.2 Å². The van der Waals surface area contributed by atoms with Gasteiger partial charge in [0.05, 0.1) is 16.9 Å². The van der Waals surface area contributed by atoms with E-state index in [4.69, 9.17) is 0 Å². The molecule has 0 radical (unpaired) electrons. The zero-order valence-electron chi connectivity index (χ0n) is 16.1. The maximum atomic E-state index is 12.2. The molecule has 3 rings (SSSR count). The highest BCUT2D eigenvalue weighted by molar-refractivity contribution is 6.00. The van der Waals surface area contributed by atoms with Gasteiger partial charge in [-0.2, -0.15) is 5.10 Å². The Bertz CT molecular complexity index is 967. The van der Waals surface area contributed by atoms with Crippen LogP contribution in [0.4, 0.5) is 16.4 Å². The first-order chi connectivity index (χ1) is 13.4. The number of fused-ring (bicyclic) bond motifs is 1. The van der Waals surface area contributed by atoms with Crippen molar-refractivity contribution in [1.82, 2.24) is 20.5 Å². The molecule has 146 valence electrons. The van der Waals surface area contributed by atoms with Crippen molar-refractivity contribution in [2.75, 3.05) is 10.6 Å². The fourth-order valence-corrected chi connectivity index (χ4v) is 2.80. The van der Waals surface area contributed by atoms with Crippen LogP contribution in [0.2, 0.25) is 0 Å². The lowest BCUT2D eigenvalue weighted by atomic mass is 10.1. The highest BCUT2D eigenvalue weighted by Gasteiger charge is 2.13. The van der Waals surface area contributed by atoms with E-state index in [2.05, 4.69) is 31.1 Å². The fraction of sp³-hybridized carbons (Fsp3) is 0.300. The van der Waals surface area contributed by atoms with Crippen LogP contribution in [0.1, 0.15) is 38.8 Å². The summed E-state index contributed by atoms with van der Waals surface area (Å²) in [5, 5.41) is 16.0. The third kappa shape index (κ3) is 4.85. The number of aromatic nitrogens is 3. The van der Waals surface area contributed by atoms with Crippen LogP contribution in [0.5, 0.6) is 0 Å². The highest BCUT2D eigenvalue weighted by Crippen LogP contribution is 2.22. The van der Waals surface area contributed by atoms with Crippen LogP contribution in [0.25, 0.3) is 10.9 Å². The quantitative estimate of drug-likeness (QED) is 0.521. The van der Waals surface area contributed by atoms with Crippen LogP contribution in [0.3, 0.4) is 0 Å². The summed E-state index contributed by atoms with van der Waals surface area (Å²) in [5.74, 6) is 0.978. The highest BCUT2D eigenvalue weighted by atomic mass is 16.2. The van der Waals surface area contributed by atoms with E-state index < -0.39 is 0 Å². The Morgan fingerprint density at radius 3 is 2.57 bits per heavy atom.